The van der Waals surface area contributed by atoms with Crippen molar-refractivity contribution in [2.24, 2.45) is 22.7 Å². The summed E-state index contributed by atoms with van der Waals surface area (Å²) in [7, 11) is 0. The Morgan fingerprint density at radius 2 is 2.04 bits per heavy atom. The Morgan fingerprint density at radius 3 is 2.86 bits per heavy atom. The number of halogens is 1. The third-order valence-electron chi connectivity index (χ3n) is 8.04. The summed E-state index contributed by atoms with van der Waals surface area (Å²) in [6, 6.07) is 1.61. The SMILES string of the molecule is C[C@]12CCC3[C@@H](CCC4=CC(=O)NCC[C@@]43C)C1=CC=C2c1cncc(F)c1. The molecule has 0 radical (unpaired) electrons. The van der Waals surface area contributed by atoms with Crippen LogP contribution in [-0.2, 0) is 4.79 Å². The maximum absolute atomic E-state index is 13.8. The summed E-state index contributed by atoms with van der Waals surface area (Å²) in [6.45, 7) is 5.46. The molecule has 1 unspecified atom stereocenters. The summed E-state index contributed by atoms with van der Waals surface area (Å²) < 4.78 is 13.8. The number of hydrogen-bond acceptors (Lipinski definition) is 2. The average Bonchev–Trinajstić information content (AvgIpc) is 2.93. The third kappa shape index (κ3) is 2.46. The van der Waals surface area contributed by atoms with E-state index in [2.05, 4.69) is 36.3 Å². The molecule has 1 aromatic rings. The van der Waals surface area contributed by atoms with Crippen LogP contribution in [0.5, 0.6) is 0 Å². The first-order valence-corrected chi connectivity index (χ1v) is 10.4. The second-order valence-corrected chi connectivity index (χ2v) is 9.34. The van der Waals surface area contributed by atoms with Gasteiger partial charge in [-0.3, -0.25) is 9.78 Å². The van der Waals surface area contributed by atoms with Gasteiger partial charge in [-0.1, -0.05) is 37.1 Å². The van der Waals surface area contributed by atoms with Gasteiger partial charge in [0.05, 0.1) is 6.20 Å². The van der Waals surface area contributed by atoms with Gasteiger partial charge in [-0.05, 0) is 66.6 Å². The van der Waals surface area contributed by atoms with E-state index >= 15 is 0 Å². The van der Waals surface area contributed by atoms with Gasteiger partial charge < -0.3 is 5.32 Å². The summed E-state index contributed by atoms with van der Waals surface area (Å²) >= 11 is 0. The Hall–Kier alpha value is -2.23. The quantitative estimate of drug-likeness (QED) is 0.761. The zero-order chi connectivity index (χ0) is 19.5. The van der Waals surface area contributed by atoms with Crippen molar-refractivity contribution in [2.45, 2.75) is 46.0 Å². The molecule has 28 heavy (non-hydrogen) atoms. The van der Waals surface area contributed by atoms with Gasteiger partial charge in [-0.2, -0.15) is 0 Å². The molecule has 1 N–H and O–H groups in total. The number of nitrogens with zero attached hydrogens (tertiary/aromatic N) is 1. The van der Waals surface area contributed by atoms with Gasteiger partial charge >= 0.3 is 0 Å². The van der Waals surface area contributed by atoms with Crippen molar-refractivity contribution in [3.63, 3.8) is 0 Å². The van der Waals surface area contributed by atoms with Crippen LogP contribution in [0.2, 0.25) is 0 Å². The molecule has 1 amide bonds. The standard InChI is InChI=1S/C24H27FN2O/c1-23-9-10-27-22(28)12-16(23)3-4-18-20-6-5-19(15-11-17(25)14-26-13-15)24(20,2)8-7-21(18)23/h5-6,11-14,18,21H,3-4,7-10H2,1-2H3,(H,27,28)/t18-,21?,23-,24+/m0/s1. The van der Waals surface area contributed by atoms with Crippen molar-refractivity contribution in [2.75, 3.05) is 6.54 Å². The van der Waals surface area contributed by atoms with E-state index < -0.39 is 0 Å². The van der Waals surface area contributed by atoms with Gasteiger partial charge in [-0.25, -0.2) is 4.39 Å². The molecule has 0 aromatic carbocycles. The Labute approximate surface area is 165 Å². The fraction of sp³-hybridized carbons (Fsp3) is 0.500. The first-order chi connectivity index (χ1) is 13.4. The summed E-state index contributed by atoms with van der Waals surface area (Å²) in [5.74, 6) is 0.891. The van der Waals surface area contributed by atoms with Crippen LogP contribution in [0.4, 0.5) is 4.39 Å². The molecule has 1 aliphatic heterocycles. The Morgan fingerprint density at radius 1 is 1.18 bits per heavy atom. The molecule has 3 nitrogen and oxygen atoms in total. The monoisotopic (exact) mass is 378 g/mol. The fourth-order valence-corrected chi connectivity index (χ4v) is 6.54. The minimum Gasteiger partial charge on any atom is -0.353 e. The van der Waals surface area contributed by atoms with Crippen molar-refractivity contribution in [1.82, 2.24) is 10.3 Å². The smallest absolute Gasteiger partial charge is 0.243 e. The maximum Gasteiger partial charge on any atom is 0.243 e. The Kier molecular flexibility index (Phi) is 3.91. The lowest BCUT2D eigenvalue weighted by molar-refractivity contribution is -0.116. The minimum absolute atomic E-state index is 0.0347. The summed E-state index contributed by atoms with van der Waals surface area (Å²) in [4.78, 5) is 16.1. The number of carbonyl (C=O) groups is 1. The normalized spacial score (nSPS) is 36.8. The highest BCUT2D eigenvalue weighted by Gasteiger charge is 2.54. The van der Waals surface area contributed by atoms with Gasteiger partial charge in [0, 0.05) is 24.2 Å². The van der Waals surface area contributed by atoms with Crippen molar-refractivity contribution < 1.29 is 9.18 Å². The summed E-state index contributed by atoms with van der Waals surface area (Å²) in [6.07, 6.45) is 14.7. The van der Waals surface area contributed by atoms with Crippen LogP contribution in [0, 0.1) is 28.5 Å². The molecule has 0 saturated heterocycles. The van der Waals surface area contributed by atoms with Crippen LogP contribution >= 0.6 is 0 Å². The van der Waals surface area contributed by atoms with E-state index in [1.165, 1.54) is 22.9 Å². The second-order valence-electron chi connectivity index (χ2n) is 9.34. The lowest BCUT2D eigenvalue weighted by Gasteiger charge is -2.55. The van der Waals surface area contributed by atoms with E-state index in [1.807, 2.05) is 6.08 Å². The number of hydrogen-bond donors (Lipinski definition) is 1. The molecular weight excluding hydrogens is 351 g/mol. The predicted octanol–water partition coefficient (Wildman–Crippen LogP) is 4.82. The first kappa shape index (κ1) is 17.8. The van der Waals surface area contributed by atoms with E-state index in [1.54, 1.807) is 12.3 Å². The Bertz CT molecular complexity index is 946. The third-order valence-corrected chi connectivity index (χ3v) is 8.04. The van der Waals surface area contributed by atoms with Crippen molar-refractivity contribution >= 4 is 11.5 Å². The van der Waals surface area contributed by atoms with Crippen LogP contribution < -0.4 is 5.32 Å². The molecule has 4 heteroatoms. The van der Waals surface area contributed by atoms with Gasteiger partial charge in [0.1, 0.15) is 5.82 Å². The van der Waals surface area contributed by atoms with E-state index in [4.69, 9.17) is 0 Å². The molecule has 2 saturated carbocycles. The van der Waals surface area contributed by atoms with Crippen molar-refractivity contribution in [3.05, 3.63) is 59.2 Å². The van der Waals surface area contributed by atoms with Gasteiger partial charge in [0.2, 0.25) is 5.91 Å². The number of amides is 1. The van der Waals surface area contributed by atoms with E-state index in [-0.39, 0.29) is 22.6 Å². The summed E-state index contributed by atoms with van der Waals surface area (Å²) in [5, 5.41) is 3.03. The molecule has 5 rings (SSSR count). The zero-order valence-corrected chi connectivity index (χ0v) is 16.6. The lowest BCUT2D eigenvalue weighted by atomic mass is 9.49. The van der Waals surface area contributed by atoms with Crippen LogP contribution in [0.15, 0.2) is 47.8 Å². The van der Waals surface area contributed by atoms with Crippen molar-refractivity contribution in [3.8, 4) is 0 Å². The molecule has 146 valence electrons. The molecule has 2 heterocycles. The number of pyridine rings is 1. The lowest BCUT2D eigenvalue weighted by Crippen LogP contribution is -2.46. The molecule has 3 aliphatic carbocycles. The highest BCUT2D eigenvalue weighted by atomic mass is 19.1. The highest BCUT2D eigenvalue weighted by molar-refractivity contribution is 5.89. The number of allylic oxidation sites excluding steroid dienone is 5. The van der Waals surface area contributed by atoms with Gasteiger partial charge in [-0.15, -0.1) is 0 Å². The predicted molar refractivity (Wildman–Crippen MR) is 108 cm³/mol. The van der Waals surface area contributed by atoms with Crippen molar-refractivity contribution in [1.29, 1.82) is 0 Å². The number of fused-ring (bicyclic) bond motifs is 5. The Balaban J connectivity index is 1.49. The molecular formula is C24H27FN2O. The number of aromatic nitrogens is 1. The molecule has 1 aromatic heterocycles. The summed E-state index contributed by atoms with van der Waals surface area (Å²) in [5.41, 5.74) is 5.01. The fourth-order valence-electron chi connectivity index (χ4n) is 6.54. The van der Waals surface area contributed by atoms with Crippen LogP contribution in [-0.4, -0.2) is 17.4 Å². The molecule has 4 aliphatic rings. The van der Waals surface area contributed by atoms with E-state index in [9.17, 15) is 9.18 Å². The largest absolute Gasteiger partial charge is 0.353 e. The molecule has 2 fully saturated rings. The minimum atomic E-state index is -0.278. The second kappa shape index (κ2) is 6.13. The molecule has 0 spiro atoms. The average molecular weight is 378 g/mol. The van der Waals surface area contributed by atoms with E-state index in [0.717, 1.165) is 44.2 Å². The van der Waals surface area contributed by atoms with Gasteiger partial charge in [0.25, 0.3) is 0 Å². The van der Waals surface area contributed by atoms with Crippen LogP contribution in [0.3, 0.4) is 0 Å². The van der Waals surface area contributed by atoms with Crippen LogP contribution in [0.25, 0.3) is 5.57 Å². The highest BCUT2D eigenvalue weighted by Crippen LogP contribution is 2.64. The molecule has 4 atom stereocenters. The zero-order valence-electron chi connectivity index (χ0n) is 16.6. The van der Waals surface area contributed by atoms with E-state index in [0.29, 0.717) is 11.8 Å². The molecule has 0 bridgehead atoms. The number of nitrogens with one attached hydrogen (secondary N) is 1. The maximum atomic E-state index is 13.8. The number of rotatable bonds is 1. The van der Waals surface area contributed by atoms with Gasteiger partial charge in [0.15, 0.2) is 0 Å². The first-order valence-electron chi connectivity index (χ1n) is 10.4. The topological polar surface area (TPSA) is 42.0 Å². The number of carbonyl (C=O) groups excluding carboxylic acids is 1. The van der Waals surface area contributed by atoms with Crippen LogP contribution in [0.1, 0.15) is 51.5 Å².